The molecule has 12 N–H and O–H groups in total. The molecular formula is C24H44N6O12. The molecular weight excluding hydrogens is 564 g/mol. The summed E-state index contributed by atoms with van der Waals surface area (Å²) >= 11 is 0. The molecule has 242 valence electrons. The number of hydrogen-bond donors (Lipinski definition) is 6. The second kappa shape index (κ2) is 23.2. The van der Waals surface area contributed by atoms with E-state index < -0.39 is 59.9 Å². The summed E-state index contributed by atoms with van der Waals surface area (Å²) in [6, 6.07) is 0. The molecule has 0 aromatic rings. The Hall–Kier alpha value is -3.42. The first-order valence-corrected chi connectivity index (χ1v) is 13.1. The summed E-state index contributed by atoms with van der Waals surface area (Å²) in [5.41, 5.74) is 31.3. The molecule has 0 aromatic heterocycles. The van der Waals surface area contributed by atoms with Gasteiger partial charge in [-0.1, -0.05) is 0 Å². The van der Waals surface area contributed by atoms with Gasteiger partial charge in [0, 0.05) is 38.5 Å². The smallest absolute Gasteiger partial charge is 0.219 e. The maximum absolute atomic E-state index is 11.4. The molecule has 0 bridgehead atoms. The third kappa shape index (κ3) is 21.3. The van der Waals surface area contributed by atoms with Gasteiger partial charge in [-0.05, 0) is 0 Å². The summed E-state index contributed by atoms with van der Waals surface area (Å²) < 4.78 is 34.7. The highest BCUT2D eigenvalue weighted by molar-refractivity contribution is 5.75. The number of nitrogens with two attached hydrogens (primary N) is 6. The zero-order valence-electron chi connectivity index (χ0n) is 23.6. The molecule has 6 amide bonds. The first-order valence-electron chi connectivity index (χ1n) is 13.1. The van der Waals surface area contributed by atoms with E-state index in [-0.39, 0.29) is 91.4 Å². The van der Waals surface area contributed by atoms with Crippen molar-refractivity contribution in [1.29, 1.82) is 0 Å². The van der Waals surface area contributed by atoms with Crippen LogP contribution in [0.5, 0.6) is 0 Å². The Morgan fingerprint density at radius 2 is 0.619 bits per heavy atom. The van der Waals surface area contributed by atoms with Crippen LogP contribution in [-0.2, 0) is 57.2 Å². The lowest BCUT2D eigenvalue weighted by molar-refractivity contribution is -0.197. The lowest BCUT2D eigenvalue weighted by Crippen LogP contribution is -2.53. The van der Waals surface area contributed by atoms with Gasteiger partial charge >= 0.3 is 0 Å². The van der Waals surface area contributed by atoms with Gasteiger partial charge in [-0.3, -0.25) is 28.8 Å². The molecule has 18 heteroatoms. The lowest BCUT2D eigenvalue weighted by Gasteiger charge is -2.37. The van der Waals surface area contributed by atoms with Crippen LogP contribution in [0.3, 0.4) is 0 Å². The summed E-state index contributed by atoms with van der Waals surface area (Å²) in [7, 11) is 0. The van der Waals surface area contributed by atoms with Crippen molar-refractivity contribution in [1.82, 2.24) is 0 Å². The van der Waals surface area contributed by atoms with Crippen LogP contribution >= 0.6 is 0 Å². The molecule has 0 radical (unpaired) electrons. The van der Waals surface area contributed by atoms with Gasteiger partial charge in [-0.2, -0.15) is 0 Å². The van der Waals surface area contributed by atoms with E-state index in [1.54, 1.807) is 0 Å². The third-order valence-corrected chi connectivity index (χ3v) is 5.28. The van der Waals surface area contributed by atoms with E-state index in [0.717, 1.165) is 0 Å². The second-order valence-corrected chi connectivity index (χ2v) is 8.94. The summed E-state index contributed by atoms with van der Waals surface area (Å²) in [4.78, 5) is 67.9. The maximum Gasteiger partial charge on any atom is 0.219 e. The lowest BCUT2D eigenvalue weighted by atomic mass is 10.0. The van der Waals surface area contributed by atoms with Crippen LogP contribution in [-0.4, -0.2) is 113 Å². The Labute approximate surface area is 243 Å². The van der Waals surface area contributed by atoms with E-state index >= 15 is 0 Å². The predicted octanol–water partition coefficient (Wildman–Crippen LogP) is -4.19. The zero-order valence-corrected chi connectivity index (χ0v) is 23.6. The molecule has 0 fully saturated rings. The van der Waals surface area contributed by atoms with Gasteiger partial charge in [0.15, 0.2) is 0 Å². The highest BCUT2D eigenvalue weighted by Gasteiger charge is 2.39. The number of ether oxygens (including phenoxy) is 6. The summed E-state index contributed by atoms with van der Waals surface area (Å²) in [5, 5.41) is 0. The van der Waals surface area contributed by atoms with Crippen LogP contribution < -0.4 is 34.4 Å². The molecule has 0 heterocycles. The molecule has 18 nitrogen and oxygen atoms in total. The Bertz CT molecular complexity index is 794. The molecule has 4 unspecified atom stereocenters. The topological polar surface area (TPSA) is 314 Å². The fraction of sp³-hybridized carbons (Fsp3) is 0.750. The molecule has 0 rings (SSSR count). The number of hydrogen-bond acceptors (Lipinski definition) is 12. The van der Waals surface area contributed by atoms with E-state index in [9.17, 15) is 28.8 Å². The zero-order chi connectivity index (χ0) is 31.9. The van der Waals surface area contributed by atoms with E-state index in [2.05, 4.69) is 0 Å². The van der Waals surface area contributed by atoms with Crippen LogP contribution in [0.2, 0.25) is 0 Å². The van der Waals surface area contributed by atoms with Crippen molar-refractivity contribution in [2.24, 2.45) is 34.4 Å². The Morgan fingerprint density at radius 3 is 0.881 bits per heavy atom. The van der Waals surface area contributed by atoms with Crippen LogP contribution in [0.15, 0.2) is 0 Å². The summed E-state index contributed by atoms with van der Waals surface area (Å²) in [6.45, 7) is -1.40. The monoisotopic (exact) mass is 608 g/mol. The quantitative estimate of drug-likeness (QED) is 0.0440. The molecule has 4 atom stereocenters. The highest BCUT2D eigenvalue weighted by Crippen LogP contribution is 2.21. The number of carbonyl (C=O) groups excluding carboxylic acids is 6. The van der Waals surface area contributed by atoms with E-state index in [1.165, 1.54) is 0 Å². The molecule has 42 heavy (non-hydrogen) atoms. The number of carbonyl (C=O) groups is 6. The fourth-order valence-corrected chi connectivity index (χ4v) is 3.26. The minimum Gasteiger partial charge on any atom is -0.378 e. The van der Waals surface area contributed by atoms with Crippen molar-refractivity contribution in [2.45, 2.75) is 62.9 Å². The maximum atomic E-state index is 11.4. The van der Waals surface area contributed by atoms with Gasteiger partial charge < -0.3 is 62.8 Å². The largest absolute Gasteiger partial charge is 0.378 e. The Balaban J connectivity index is 6.35. The van der Waals surface area contributed by atoms with Gasteiger partial charge in [-0.15, -0.1) is 0 Å². The third-order valence-electron chi connectivity index (χ3n) is 5.28. The van der Waals surface area contributed by atoms with E-state index in [0.29, 0.717) is 0 Å². The number of primary amides is 6. The molecule has 0 saturated carbocycles. The van der Waals surface area contributed by atoms with Gasteiger partial charge in [0.05, 0.1) is 52.9 Å². The second-order valence-electron chi connectivity index (χ2n) is 8.94. The van der Waals surface area contributed by atoms with Crippen LogP contribution in [0.4, 0.5) is 0 Å². The molecule has 0 aliphatic carbocycles. The molecule has 0 aliphatic rings. The number of rotatable bonds is 29. The van der Waals surface area contributed by atoms with Crippen molar-refractivity contribution in [3.8, 4) is 0 Å². The van der Waals surface area contributed by atoms with Crippen molar-refractivity contribution in [2.75, 3.05) is 52.9 Å². The predicted molar refractivity (Wildman–Crippen MR) is 143 cm³/mol. The van der Waals surface area contributed by atoms with E-state index in [4.69, 9.17) is 62.8 Å². The first kappa shape index (κ1) is 38.6. The fourth-order valence-electron chi connectivity index (χ4n) is 3.26. The van der Waals surface area contributed by atoms with Gasteiger partial charge in [0.2, 0.25) is 35.4 Å². The van der Waals surface area contributed by atoms with Crippen LogP contribution in [0, 0.1) is 0 Å². The Morgan fingerprint density at radius 1 is 0.381 bits per heavy atom. The summed E-state index contributed by atoms with van der Waals surface area (Å²) in [6.07, 6.45) is -5.37. The molecule has 0 spiro atoms. The van der Waals surface area contributed by atoms with Crippen molar-refractivity contribution in [3.63, 3.8) is 0 Å². The minimum absolute atomic E-state index is 0.0824. The number of amides is 6. The van der Waals surface area contributed by atoms with Gasteiger partial charge in [0.25, 0.3) is 0 Å². The van der Waals surface area contributed by atoms with Crippen LogP contribution in [0.25, 0.3) is 0 Å². The van der Waals surface area contributed by atoms with Gasteiger partial charge in [-0.25, -0.2) is 0 Å². The van der Waals surface area contributed by atoms with Crippen molar-refractivity contribution in [3.05, 3.63) is 0 Å². The van der Waals surface area contributed by atoms with Crippen LogP contribution in [0.1, 0.15) is 38.5 Å². The Kier molecular flexibility index (Phi) is 21.3. The SMILES string of the molecule is NC(=O)CCOCC(OCCC(N)=O)C(OCCC(N)=O)C(OCCC(N)=O)C(COCCC(N)=O)OCCC(N)=O. The molecule has 0 aliphatic heterocycles. The molecule has 0 saturated heterocycles. The van der Waals surface area contributed by atoms with Crippen molar-refractivity contribution < 1.29 is 57.2 Å². The molecule has 0 aromatic carbocycles. The highest BCUT2D eigenvalue weighted by atomic mass is 16.6. The normalized spacial score (nSPS) is 14.0. The first-order chi connectivity index (χ1) is 19.8. The van der Waals surface area contributed by atoms with E-state index in [1.807, 2.05) is 0 Å². The average Bonchev–Trinajstić information content (AvgIpc) is 2.87. The average molecular weight is 609 g/mol. The standard InChI is InChI=1S/C24H44N6O12/c25-17(31)1-7-37-13-15(39-9-3-19(27)33)23(41-11-5-21(29)35)24(42-12-6-22(30)36)16(40-10-4-20(28)34)14-38-8-2-18(26)32/h15-16,23-24H,1-14H2,(H2,25,31)(H2,26,32)(H2,27,33)(H2,28,34)(H2,29,35)(H2,30,36). The summed E-state index contributed by atoms with van der Waals surface area (Å²) in [5.74, 6) is -3.88. The van der Waals surface area contributed by atoms with Crippen molar-refractivity contribution >= 4 is 35.4 Å². The van der Waals surface area contributed by atoms with Gasteiger partial charge in [0.1, 0.15) is 24.4 Å². The minimum atomic E-state index is -1.16.